The fourth-order valence-corrected chi connectivity index (χ4v) is 2.18. The Labute approximate surface area is 137 Å². The maximum absolute atomic E-state index is 12.7. The molecule has 0 saturated heterocycles. The molecule has 0 bridgehead atoms. The number of nitrogens with zero attached hydrogens (tertiary/aromatic N) is 2. The van der Waals surface area contributed by atoms with Gasteiger partial charge in [-0.15, -0.1) is 0 Å². The van der Waals surface area contributed by atoms with Gasteiger partial charge in [0.1, 0.15) is 17.0 Å². The van der Waals surface area contributed by atoms with Crippen molar-refractivity contribution < 1.29 is 32.2 Å². The number of hydrogen-bond acceptors (Lipinski definition) is 6. The fraction of sp³-hybridized carbons (Fsp3) is 0.214. The molecule has 132 valence electrons. The van der Waals surface area contributed by atoms with Crippen LogP contribution < -0.4 is 5.73 Å². The highest BCUT2D eigenvalue weighted by molar-refractivity contribution is 6.13. The number of rotatable bonds is 5. The first-order chi connectivity index (χ1) is 11.5. The van der Waals surface area contributed by atoms with E-state index in [1.165, 1.54) is 6.92 Å². The van der Waals surface area contributed by atoms with Gasteiger partial charge in [-0.05, 0) is 19.1 Å². The Bertz CT molecular complexity index is 873. The molecule has 0 aliphatic rings. The normalized spacial score (nSPS) is 11.4. The van der Waals surface area contributed by atoms with Crippen molar-refractivity contribution in [3.8, 4) is 0 Å². The van der Waals surface area contributed by atoms with Gasteiger partial charge < -0.3 is 10.3 Å². The first kappa shape index (κ1) is 18.1. The molecule has 0 radical (unpaired) electrons. The molecule has 0 aliphatic heterocycles. The van der Waals surface area contributed by atoms with Crippen LogP contribution in [0, 0.1) is 17.0 Å². The molecule has 1 heterocycles. The lowest BCUT2D eigenvalue weighted by Crippen LogP contribution is -2.17. The molecule has 2 rings (SSSR count). The third-order valence-corrected chi connectivity index (χ3v) is 3.27. The first-order valence-corrected chi connectivity index (χ1v) is 6.66. The van der Waals surface area contributed by atoms with Crippen molar-refractivity contribution >= 4 is 17.4 Å². The van der Waals surface area contributed by atoms with Crippen LogP contribution >= 0.6 is 0 Å². The Balaban J connectivity index is 2.59. The average Bonchev–Trinajstić information content (AvgIpc) is 2.84. The van der Waals surface area contributed by atoms with Crippen LogP contribution in [0.2, 0.25) is 0 Å². The van der Waals surface area contributed by atoms with E-state index in [1.807, 2.05) is 0 Å². The predicted octanol–water partition coefficient (Wildman–Crippen LogP) is 2.17. The van der Waals surface area contributed by atoms with E-state index >= 15 is 0 Å². The van der Waals surface area contributed by atoms with Crippen molar-refractivity contribution in [3.63, 3.8) is 0 Å². The van der Waals surface area contributed by atoms with E-state index in [0.29, 0.717) is 12.1 Å². The summed E-state index contributed by atoms with van der Waals surface area (Å²) in [5, 5.41) is 14.6. The van der Waals surface area contributed by atoms with Gasteiger partial charge in [-0.25, -0.2) is 0 Å². The molecule has 8 nitrogen and oxygen atoms in total. The van der Waals surface area contributed by atoms with Gasteiger partial charge in [-0.2, -0.15) is 13.2 Å². The molecule has 1 amide bonds. The number of ketones is 1. The van der Waals surface area contributed by atoms with E-state index in [2.05, 4.69) is 5.16 Å². The van der Waals surface area contributed by atoms with Crippen LogP contribution in [-0.2, 0) is 17.4 Å². The molecule has 0 saturated carbocycles. The number of halogens is 3. The first-order valence-electron chi connectivity index (χ1n) is 6.66. The standard InChI is InChI=1S/C14H10F3N3O5/c1-6-12(9(19-25-6)5-11(18)21)13(22)8-3-2-7(14(15,16)17)4-10(8)20(23)24/h2-4H,5H2,1H3,(H2,18,21). The molecule has 0 spiro atoms. The zero-order valence-electron chi connectivity index (χ0n) is 12.6. The van der Waals surface area contributed by atoms with Crippen LogP contribution in [0.25, 0.3) is 0 Å². The predicted molar refractivity (Wildman–Crippen MR) is 75.7 cm³/mol. The average molecular weight is 357 g/mol. The summed E-state index contributed by atoms with van der Waals surface area (Å²) >= 11 is 0. The smallest absolute Gasteiger partial charge is 0.369 e. The number of nitro benzene ring substituents is 1. The Hall–Kier alpha value is -3.24. The second-order valence-corrected chi connectivity index (χ2v) is 5.02. The van der Waals surface area contributed by atoms with Crippen molar-refractivity contribution in [3.05, 3.63) is 56.5 Å². The maximum atomic E-state index is 12.7. The summed E-state index contributed by atoms with van der Waals surface area (Å²) in [6.45, 7) is 1.32. The van der Waals surface area contributed by atoms with Gasteiger partial charge >= 0.3 is 6.18 Å². The van der Waals surface area contributed by atoms with E-state index in [4.69, 9.17) is 10.3 Å². The Kier molecular flexibility index (Phi) is 4.59. The number of nitrogens with two attached hydrogens (primary N) is 1. The molecule has 11 heteroatoms. The minimum atomic E-state index is -4.81. The number of primary amides is 1. The maximum Gasteiger partial charge on any atom is 0.416 e. The lowest BCUT2D eigenvalue weighted by Gasteiger charge is -2.08. The van der Waals surface area contributed by atoms with E-state index < -0.39 is 46.0 Å². The summed E-state index contributed by atoms with van der Waals surface area (Å²) in [5.74, 6) is -1.87. The van der Waals surface area contributed by atoms with Crippen LogP contribution in [-0.4, -0.2) is 21.8 Å². The van der Waals surface area contributed by atoms with Gasteiger partial charge in [-0.3, -0.25) is 19.7 Å². The molecule has 1 aromatic carbocycles. The van der Waals surface area contributed by atoms with Gasteiger partial charge in [0, 0.05) is 6.07 Å². The highest BCUT2D eigenvalue weighted by Gasteiger charge is 2.35. The van der Waals surface area contributed by atoms with Crippen LogP contribution in [0.5, 0.6) is 0 Å². The number of carbonyl (C=O) groups is 2. The highest BCUT2D eigenvalue weighted by Crippen LogP contribution is 2.34. The van der Waals surface area contributed by atoms with E-state index in [1.54, 1.807) is 0 Å². The van der Waals surface area contributed by atoms with Crippen molar-refractivity contribution in [1.29, 1.82) is 0 Å². The third kappa shape index (κ3) is 3.65. The molecule has 0 fully saturated rings. The number of benzene rings is 1. The number of hydrogen-bond donors (Lipinski definition) is 1. The highest BCUT2D eigenvalue weighted by atomic mass is 19.4. The van der Waals surface area contributed by atoms with Crippen molar-refractivity contribution in [2.24, 2.45) is 5.73 Å². The van der Waals surface area contributed by atoms with Crippen molar-refractivity contribution in [1.82, 2.24) is 5.16 Å². The molecular formula is C14H10F3N3O5. The third-order valence-electron chi connectivity index (χ3n) is 3.27. The van der Waals surface area contributed by atoms with E-state index in [-0.39, 0.29) is 23.1 Å². The number of alkyl halides is 3. The van der Waals surface area contributed by atoms with Crippen molar-refractivity contribution in [2.75, 3.05) is 0 Å². The van der Waals surface area contributed by atoms with Crippen LogP contribution in [0.1, 0.15) is 32.9 Å². The van der Waals surface area contributed by atoms with Crippen LogP contribution in [0.3, 0.4) is 0 Å². The number of aryl methyl sites for hydroxylation is 1. The summed E-state index contributed by atoms with van der Waals surface area (Å²) in [6, 6.07) is 1.52. The van der Waals surface area contributed by atoms with Gasteiger partial charge in [0.25, 0.3) is 5.69 Å². The summed E-state index contributed by atoms with van der Waals surface area (Å²) in [7, 11) is 0. The monoisotopic (exact) mass is 357 g/mol. The molecule has 0 unspecified atom stereocenters. The number of nitro groups is 1. The zero-order chi connectivity index (χ0) is 18.9. The van der Waals surface area contributed by atoms with Crippen LogP contribution in [0.15, 0.2) is 22.7 Å². The summed E-state index contributed by atoms with van der Waals surface area (Å²) < 4.78 is 43.0. The van der Waals surface area contributed by atoms with Gasteiger partial charge in [0.15, 0.2) is 0 Å². The molecule has 2 N–H and O–H groups in total. The summed E-state index contributed by atoms with van der Waals surface area (Å²) in [5.41, 5.74) is 1.75. The fourth-order valence-electron chi connectivity index (χ4n) is 2.18. The second-order valence-electron chi connectivity index (χ2n) is 5.02. The Morgan fingerprint density at radius 3 is 2.52 bits per heavy atom. The van der Waals surface area contributed by atoms with E-state index in [9.17, 15) is 32.9 Å². The minimum absolute atomic E-state index is 0.0459. The topological polar surface area (TPSA) is 129 Å². The summed E-state index contributed by atoms with van der Waals surface area (Å²) in [6.07, 6.45) is -5.27. The molecule has 0 atom stereocenters. The Morgan fingerprint density at radius 1 is 1.36 bits per heavy atom. The quantitative estimate of drug-likeness (QED) is 0.496. The van der Waals surface area contributed by atoms with Gasteiger partial charge in [0.05, 0.1) is 22.5 Å². The molecule has 1 aromatic heterocycles. The lowest BCUT2D eigenvalue weighted by molar-refractivity contribution is -0.385. The van der Waals surface area contributed by atoms with Gasteiger partial charge in [-0.1, -0.05) is 5.16 Å². The van der Waals surface area contributed by atoms with Crippen LogP contribution in [0.4, 0.5) is 18.9 Å². The SMILES string of the molecule is Cc1onc(CC(N)=O)c1C(=O)c1ccc(C(F)(F)F)cc1[N+](=O)[O-]. The molecule has 25 heavy (non-hydrogen) atoms. The van der Waals surface area contributed by atoms with E-state index in [0.717, 1.165) is 0 Å². The lowest BCUT2D eigenvalue weighted by atomic mass is 9.97. The number of carbonyl (C=O) groups excluding carboxylic acids is 2. The molecule has 0 aliphatic carbocycles. The second kappa shape index (κ2) is 6.34. The number of aromatic nitrogens is 1. The largest absolute Gasteiger partial charge is 0.416 e. The Morgan fingerprint density at radius 2 is 2.00 bits per heavy atom. The summed E-state index contributed by atoms with van der Waals surface area (Å²) in [4.78, 5) is 33.6. The molecular weight excluding hydrogens is 347 g/mol. The molecule has 2 aromatic rings. The zero-order valence-corrected chi connectivity index (χ0v) is 12.6. The van der Waals surface area contributed by atoms with Crippen molar-refractivity contribution in [2.45, 2.75) is 19.5 Å². The number of amides is 1. The van der Waals surface area contributed by atoms with Gasteiger partial charge in [0.2, 0.25) is 11.7 Å². The minimum Gasteiger partial charge on any atom is -0.369 e.